The molecule has 3 rings (SSSR count). The number of fused-ring (bicyclic) bond motifs is 1. The SMILES string of the molecule is CCCSCCNC(=O)N1CCC[C@@H]1c1nc2ccc(F)cc2[nH]1. The Morgan fingerprint density at radius 3 is 3.21 bits per heavy atom. The average molecular weight is 350 g/mol. The lowest BCUT2D eigenvalue weighted by molar-refractivity contribution is 0.192. The van der Waals surface area contributed by atoms with Crippen molar-refractivity contribution in [1.29, 1.82) is 0 Å². The van der Waals surface area contributed by atoms with Crippen molar-refractivity contribution >= 4 is 28.8 Å². The minimum atomic E-state index is -0.289. The molecule has 0 unspecified atom stereocenters. The quantitative estimate of drug-likeness (QED) is 0.781. The Bertz CT molecular complexity index is 705. The van der Waals surface area contributed by atoms with Gasteiger partial charge in [-0.3, -0.25) is 0 Å². The van der Waals surface area contributed by atoms with E-state index in [0.717, 1.165) is 48.7 Å². The summed E-state index contributed by atoms with van der Waals surface area (Å²) in [7, 11) is 0. The molecular weight excluding hydrogens is 327 g/mol. The van der Waals surface area contributed by atoms with Crippen LogP contribution in [0.5, 0.6) is 0 Å². The molecule has 0 bridgehead atoms. The Hall–Kier alpha value is -1.76. The number of H-pyrrole nitrogens is 1. The first-order valence-corrected chi connectivity index (χ1v) is 9.62. The molecule has 2 N–H and O–H groups in total. The van der Waals surface area contributed by atoms with Gasteiger partial charge in [0, 0.05) is 18.8 Å². The number of amides is 2. The molecule has 1 aliphatic rings. The summed E-state index contributed by atoms with van der Waals surface area (Å²) in [6, 6.07) is 4.40. The summed E-state index contributed by atoms with van der Waals surface area (Å²) in [5, 5.41) is 2.99. The van der Waals surface area contributed by atoms with Crippen LogP contribution in [0.2, 0.25) is 0 Å². The highest BCUT2D eigenvalue weighted by atomic mass is 32.2. The molecule has 130 valence electrons. The largest absolute Gasteiger partial charge is 0.340 e. The van der Waals surface area contributed by atoms with E-state index in [2.05, 4.69) is 22.2 Å². The highest BCUT2D eigenvalue weighted by Crippen LogP contribution is 2.31. The number of nitrogens with zero attached hydrogens (tertiary/aromatic N) is 2. The van der Waals surface area contributed by atoms with E-state index in [-0.39, 0.29) is 17.9 Å². The topological polar surface area (TPSA) is 61.0 Å². The number of carbonyl (C=O) groups is 1. The molecule has 1 aromatic heterocycles. The number of aromatic nitrogens is 2. The summed E-state index contributed by atoms with van der Waals surface area (Å²) in [5.74, 6) is 2.51. The third-order valence-corrected chi connectivity index (χ3v) is 5.35. The van der Waals surface area contributed by atoms with Gasteiger partial charge in [0.25, 0.3) is 0 Å². The fraction of sp³-hybridized carbons (Fsp3) is 0.529. The predicted molar refractivity (Wildman–Crippen MR) is 95.7 cm³/mol. The number of aromatic amines is 1. The summed E-state index contributed by atoms with van der Waals surface area (Å²) in [6.45, 7) is 3.56. The summed E-state index contributed by atoms with van der Waals surface area (Å²) in [6.07, 6.45) is 2.98. The van der Waals surface area contributed by atoms with Crippen LogP contribution in [0.1, 0.15) is 38.1 Å². The fourth-order valence-electron chi connectivity index (χ4n) is 3.03. The lowest BCUT2D eigenvalue weighted by Crippen LogP contribution is -2.40. The summed E-state index contributed by atoms with van der Waals surface area (Å²) in [4.78, 5) is 22.0. The molecule has 0 saturated carbocycles. The first kappa shape index (κ1) is 17.1. The lowest BCUT2D eigenvalue weighted by Gasteiger charge is -2.23. The first-order valence-electron chi connectivity index (χ1n) is 8.46. The molecule has 1 aliphatic heterocycles. The van der Waals surface area contributed by atoms with Crippen LogP contribution in [0.25, 0.3) is 11.0 Å². The van der Waals surface area contributed by atoms with Crippen LogP contribution in [0.15, 0.2) is 18.2 Å². The molecule has 7 heteroatoms. The zero-order valence-corrected chi connectivity index (χ0v) is 14.7. The van der Waals surface area contributed by atoms with Gasteiger partial charge in [0.15, 0.2) is 0 Å². The van der Waals surface area contributed by atoms with Crippen molar-refractivity contribution in [2.45, 2.75) is 32.2 Å². The van der Waals surface area contributed by atoms with Crippen molar-refractivity contribution in [3.8, 4) is 0 Å². The Morgan fingerprint density at radius 2 is 2.38 bits per heavy atom. The Kier molecular flexibility index (Phi) is 5.60. The Balaban J connectivity index is 1.64. The van der Waals surface area contributed by atoms with Crippen molar-refractivity contribution < 1.29 is 9.18 Å². The van der Waals surface area contributed by atoms with Gasteiger partial charge < -0.3 is 15.2 Å². The molecule has 1 atom stereocenters. The second-order valence-corrected chi connectivity index (χ2v) is 7.20. The van der Waals surface area contributed by atoms with Gasteiger partial charge in [-0.25, -0.2) is 14.2 Å². The second-order valence-electron chi connectivity index (χ2n) is 5.98. The number of benzene rings is 1. The second kappa shape index (κ2) is 7.88. The minimum Gasteiger partial charge on any atom is -0.340 e. The monoisotopic (exact) mass is 350 g/mol. The van der Waals surface area contributed by atoms with E-state index >= 15 is 0 Å². The maximum absolute atomic E-state index is 13.3. The van der Waals surface area contributed by atoms with E-state index in [1.807, 2.05) is 16.7 Å². The predicted octanol–water partition coefficient (Wildman–Crippen LogP) is 3.69. The van der Waals surface area contributed by atoms with Crippen LogP contribution >= 0.6 is 11.8 Å². The highest BCUT2D eigenvalue weighted by molar-refractivity contribution is 7.99. The van der Waals surface area contributed by atoms with Gasteiger partial charge in [-0.2, -0.15) is 11.8 Å². The molecule has 5 nitrogen and oxygen atoms in total. The summed E-state index contributed by atoms with van der Waals surface area (Å²) in [5.41, 5.74) is 1.41. The zero-order chi connectivity index (χ0) is 16.9. The van der Waals surface area contributed by atoms with Gasteiger partial charge in [0.2, 0.25) is 0 Å². The molecule has 2 aromatic rings. The fourth-order valence-corrected chi connectivity index (χ4v) is 3.77. The van der Waals surface area contributed by atoms with Gasteiger partial charge in [-0.1, -0.05) is 6.92 Å². The number of hydrogen-bond donors (Lipinski definition) is 2. The van der Waals surface area contributed by atoms with E-state index in [1.165, 1.54) is 12.1 Å². The van der Waals surface area contributed by atoms with Gasteiger partial charge in [-0.05, 0) is 43.2 Å². The molecule has 2 heterocycles. The van der Waals surface area contributed by atoms with Gasteiger partial charge in [0.1, 0.15) is 11.6 Å². The Morgan fingerprint density at radius 1 is 1.50 bits per heavy atom. The number of carbonyl (C=O) groups excluding carboxylic acids is 1. The van der Waals surface area contributed by atoms with E-state index in [4.69, 9.17) is 0 Å². The summed E-state index contributed by atoms with van der Waals surface area (Å²) < 4.78 is 13.3. The average Bonchev–Trinajstić information content (AvgIpc) is 3.20. The van der Waals surface area contributed by atoms with Gasteiger partial charge in [0.05, 0.1) is 17.1 Å². The number of nitrogens with one attached hydrogen (secondary N) is 2. The van der Waals surface area contributed by atoms with E-state index in [1.54, 1.807) is 6.07 Å². The van der Waals surface area contributed by atoms with Crippen molar-refractivity contribution in [1.82, 2.24) is 20.2 Å². The third-order valence-electron chi connectivity index (χ3n) is 4.16. The molecule has 1 aromatic carbocycles. The van der Waals surface area contributed by atoms with Gasteiger partial charge >= 0.3 is 6.03 Å². The van der Waals surface area contributed by atoms with Crippen LogP contribution in [0.3, 0.4) is 0 Å². The number of imidazole rings is 1. The number of likely N-dealkylation sites (tertiary alicyclic amines) is 1. The van der Waals surface area contributed by atoms with Gasteiger partial charge in [-0.15, -0.1) is 0 Å². The van der Waals surface area contributed by atoms with Crippen LogP contribution in [0, 0.1) is 5.82 Å². The molecule has 24 heavy (non-hydrogen) atoms. The maximum Gasteiger partial charge on any atom is 0.318 e. The molecule has 0 aliphatic carbocycles. The molecule has 1 saturated heterocycles. The lowest BCUT2D eigenvalue weighted by atomic mass is 10.2. The van der Waals surface area contributed by atoms with Crippen molar-refractivity contribution in [2.24, 2.45) is 0 Å². The zero-order valence-electron chi connectivity index (χ0n) is 13.8. The number of rotatable bonds is 6. The number of hydrogen-bond acceptors (Lipinski definition) is 3. The molecular formula is C17H23FN4OS. The van der Waals surface area contributed by atoms with Crippen LogP contribution < -0.4 is 5.32 Å². The smallest absolute Gasteiger partial charge is 0.318 e. The van der Waals surface area contributed by atoms with Crippen molar-refractivity contribution in [3.63, 3.8) is 0 Å². The maximum atomic E-state index is 13.3. The van der Waals surface area contributed by atoms with Crippen molar-refractivity contribution in [3.05, 3.63) is 29.8 Å². The molecule has 1 fully saturated rings. The van der Waals surface area contributed by atoms with Crippen molar-refractivity contribution in [2.75, 3.05) is 24.6 Å². The third kappa shape index (κ3) is 3.83. The van der Waals surface area contributed by atoms with Crippen LogP contribution in [-0.4, -0.2) is 45.5 Å². The highest BCUT2D eigenvalue weighted by Gasteiger charge is 2.32. The number of urea groups is 1. The van der Waals surface area contributed by atoms with E-state index in [9.17, 15) is 9.18 Å². The minimum absolute atomic E-state index is 0.0405. The van der Waals surface area contributed by atoms with Crippen LogP contribution in [-0.2, 0) is 0 Å². The molecule has 2 amide bonds. The number of halogens is 1. The normalized spacial score (nSPS) is 17.6. The summed E-state index contributed by atoms with van der Waals surface area (Å²) >= 11 is 1.85. The van der Waals surface area contributed by atoms with Crippen LogP contribution in [0.4, 0.5) is 9.18 Å². The Labute approximate surface area is 145 Å². The molecule has 0 radical (unpaired) electrons. The van der Waals surface area contributed by atoms with E-state index < -0.39 is 0 Å². The van der Waals surface area contributed by atoms with E-state index in [0.29, 0.717) is 12.1 Å². The number of thioether (sulfide) groups is 1. The standard InChI is InChI=1S/C17H23FN4OS/c1-2-9-24-10-7-19-17(23)22-8-3-4-15(22)16-20-13-6-5-12(18)11-14(13)21-16/h5-6,11,15H,2-4,7-10H2,1H3,(H,19,23)(H,20,21)/t15-/m1/s1. The first-order chi connectivity index (χ1) is 11.7. The molecule has 0 spiro atoms.